The molecule has 0 aliphatic rings. The maximum absolute atomic E-state index is 11.7. The predicted molar refractivity (Wildman–Crippen MR) is 70.0 cm³/mol. The van der Waals surface area contributed by atoms with Gasteiger partial charge in [0.2, 0.25) is 0 Å². The highest BCUT2D eigenvalue weighted by atomic mass is 16.5. The first-order valence-electron chi connectivity index (χ1n) is 5.80. The van der Waals surface area contributed by atoms with Crippen molar-refractivity contribution in [2.45, 2.75) is 12.8 Å². The predicted octanol–water partition coefficient (Wildman–Crippen LogP) is 1.29. The number of carbonyl (C=O) groups is 2. The third-order valence-electron chi connectivity index (χ3n) is 2.29. The number of carboxylic acids is 1. The Hall–Kier alpha value is -2.48. The van der Waals surface area contributed by atoms with Crippen LogP contribution in [-0.2, 0) is 4.79 Å². The molecule has 0 saturated heterocycles. The molecule has 19 heavy (non-hydrogen) atoms. The van der Waals surface area contributed by atoms with Crippen molar-refractivity contribution in [3.8, 4) is 18.1 Å². The zero-order chi connectivity index (χ0) is 14.1. The Labute approximate surface area is 111 Å². The van der Waals surface area contributed by atoms with Crippen LogP contribution in [0.1, 0.15) is 23.2 Å². The van der Waals surface area contributed by atoms with E-state index >= 15 is 0 Å². The van der Waals surface area contributed by atoms with E-state index in [0.29, 0.717) is 24.3 Å². The van der Waals surface area contributed by atoms with Crippen LogP contribution in [0.5, 0.6) is 5.75 Å². The van der Waals surface area contributed by atoms with Crippen molar-refractivity contribution in [1.82, 2.24) is 5.32 Å². The number of amides is 1. The molecule has 2 N–H and O–H groups in total. The Morgan fingerprint density at radius 2 is 2.00 bits per heavy atom. The number of hydrogen-bond donors (Lipinski definition) is 2. The third kappa shape index (κ3) is 5.59. The number of aliphatic carboxylic acids is 1. The first-order chi connectivity index (χ1) is 9.13. The summed E-state index contributed by atoms with van der Waals surface area (Å²) in [5, 5.41) is 11.1. The zero-order valence-corrected chi connectivity index (χ0v) is 10.4. The quantitative estimate of drug-likeness (QED) is 0.573. The normalized spacial score (nSPS) is 9.42. The Kier molecular flexibility index (Phi) is 5.96. The van der Waals surface area contributed by atoms with Gasteiger partial charge in [0.15, 0.2) is 0 Å². The van der Waals surface area contributed by atoms with E-state index in [1.165, 1.54) is 0 Å². The van der Waals surface area contributed by atoms with Gasteiger partial charge < -0.3 is 15.2 Å². The van der Waals surface area contributed by atoms with Gasteiger partial charge >= 0.3 is 5.97 Å². The summed E-state index contributed by atoms with van der Waals surface area (Å²) in [6.45, 7) is 0.515. The number of carboxylic acid groups (broad SMARTS) is 1. The summed E-state index contributed by atoms with van der Waals surface area (Å²) in [6.07, 6.45) is 5.51. The van der Waals surface area contributed by atoms with E-state index in [1.807, 2.05) is 0 Å². The SMILES string of the molecule is C#CCOc1ccc(C(=O)NCCCC(=O)O)cc1. The molecule has 1 amide bonds. The molecule has 1 aromatic rings. The molecular weight excluding hydrogens is 246 g/mol. The van der Waals surface area contributed by atoms with Crippen molar-refractivity contribution in [3.05, 3.63) is 29.8 Å². The van der Waals surface area contributed by atoms with Gasteiger partial charge in [0.1, 0.15) is 12.4 Å². The number of ether oxygens (including phenoxy) is 1. The molecule has 1 rings (SSSR count). The van der Waals surface area contributed by atoms with Gasteiger partial charge in [-0.1, -0.05) is 5.92 Å². The molecule has 0 bridgehead atoms. The molecule has 0 aliphatic heterocycles. The molecule has 0 atom stereocenters. The van der Waals surface area contributed by atoms with Crippen LogP contribution >= 0.6 is 0 Å². The summed E-state index contributed by atoms with van der Waals surface area (Å²) < 4.78 is 5.18. The van der Waals surface area contributed by atoms with Gasteiger partial charge in [-0.05, 0) is 30.7 Å². The molecule has 0 aliphatic carbocycles. The molecule has 100 valence electrons. The summed E-state index contributed by atoms with van der Waals surface area (Å²) in [7, 11) is 0. The van der Waals surface area contributed by atoms with E-state index in [-0.39, 0.29) is 18.9 Å². The fourth-order valence-electron chi connectivity index (χ4n) is 1.37. The van der Waals surface area contributed by atoms with Gasteiger partial charge in [-0.15, -0.1) is 6.42 Å². The number of rotatable bonds is 7. The largest absolute Gasteiger partial charge is 0.481 e. The minimum absolute atomic E-state index is 0.0408. The molecule has 1 aromatic carbocycles. The summed E-state index contributed by atoms with van der Waals surface area (Å²) in [5.74, 6) is 1.83. The Morgan fingerprint density at radius 3 is 2.58 bits per heavy atom. The average molecular weight is 261 g/mol. The number of hydrogen-bond acceptors (Lipinski definition) is 3. The molecular formula is C14H15NO4. The van der Waals surface area contributed by atoms with E-state index in [2.05, 4.69) is 11.2 Å². The van der Waals surface area contributed by atoms with Crippen molar-refractivity contribution in [3.63, 3.8) is 0 Å². The van der Waals surface area contributed by atoms with Crippen LogP contribution in [0.15, 0.2) is 24.3 Å². The maximum atomic E-state index is 11.7. The molecule has 0 heterocycles. The van der Waals surface area contributed by atoms with Crippen molar-refractivity contribution in [2.75, 3.05) is 13.2 Å². The highest BCUT2D eigenvalue weighted by molar-refractivity contribution is 5.94. The van der Waals surface area contributed by atoms with Crippen molar-refractivity contribution in [2.24, 2.45) is 0 Å². The summed E-state index contributed by atoms with van der Waals surface area (Å²) in [5.41, 5.74) is 0.489. The van der Waals surface area contributed by atoms with Gasteiger partial charge in [0.25, 0.3) is 5.91 Å². The second-order valence-corrected chi connectivity index (χ2v) is 3.77. The number of benzene rings is 1. The molecule has 5 heteroatoms. The molecule has 0 radical (unpaired) electrons. The Bertz CT molecular complexity index is 473. The minimum atomic E-state index is -0.871. The highest BCUT2D eigenvalue weighted by Crippen LogP contribution is 2.11. The van der Waals surface area contributed by atoms with Crippen LogP contribution in [-0.4, -0.2) is 30.1 Å². The summed E-state index contributed by atoms with van der Waals surface area (Å²) in [6, 6.07) is 6.56. The van der Waals surface area contributed by atoms with E-state index in [0.717, 1.165) is 0 Å². The smallest absolute Gasteiger partial charge is 0.303 e. The minimum Gasteiger partial charge on any atom is -0.481 e. The molecule has 0 spiro atoms. The average Bonchev–Trinajstić information content (AvgIpc) is 2.41. The molecule has 0 saturated carbocycles. The second-order valence-electron chi connectivity index (χ2n) is 3.77. The Balaban J connectivity index is 2.40. The van der Waals surface area contributed by atoms with E-state index < -0.39 is 5.97 Å². The van der Waals surface area contributed by atoms with Gasteiger partial charge in [-0.25, -0.2) is 0 Å². The van der Waals surface area contributed by atoms with Crippen LogP contribution in [0.25, 0.3) is 0 Å². The van der Waals surface area contributed by atoms with Crippen LogP contribution in [0.2, 0.25) is 0 Å². The molecule has 0 aromatic heterocycles. The first-order valence-corrected chi connectivity index (χ1v) is 5.80. The van der Waals surface area contributed by atoms with Crippen LogP contribution in [0.3, 0.4) is 0 Å². The molecule has 5 nitrogen and oxygen atoms in total. The second kappa shape index (κ2) is 7.77. The third-order valence-corrected chi connectivity index (χ3v) is 2.29. The van der Waals surface area contributed by atoms with Gasteiger partial charge in [-0.2, -0.15) is 0 Å². The first kappa shape index (κ1) is 14.6. The fourth-order valence-corrected chi connectivity index (χ4v) is 1.37. The molecule has 0 unspecified atom stereocenters. The fraction of sp³-hybridized carbons (Fsp3) is 0.286. The lowest BCUT2D eigenvalue weighted by atomic mass is 10.2. The zero-order valence-electron chi connectivity index (χ0n) is 10.4. The Morgan fingerprint density at radius 1 is 1.32 bits per heavy atom. The van der Waals surface area contributed by atoms with E-state index in [4.69, 9.17) is 16.3 Å². The maximum Gasteiger partial charge on any atom is 0.303 e. The summed E-state index contributed by atoms with van der Waals surface area (Å²) in [4.78, 5) is 22.0. The van der Waals surface area contributed by atoms with E-state index in [9.17, 15) is 9.59 Å². The highest BCUT2D eigenvalue weighted by Gasteiger charge is 2.05. The van der Waals surface area contributed by atoms with Crippen molar-refractivity contribution < 1.29 is 19.4 Å². The van der Waals surface area contributed by atoms with Crippen molar-refractivity contribution in [1.29, 1.82) is 0 Å². The number of carbonyl (C=O) groups excluding carboxylic acids is 1. The van der Waals surface area contributed by atoms with Gasteiger partial charge in [0.05, 0.1) is 0 Å². The number of terminal acetylenes is 1. The standard InChI is InChI=1S/C14H15NO4/c1-2-10-19-12-7-5-11(6-8-12)14(18)15-9-3-4-13(16)17/h1,5-8H,3-4,9-10H2,(H,15,18)(H,16,17). The lowest BCUT2D eigenvalue weighted by Gasteiger charge is -2.06. The lowest BCUT2D eigenvalue weighted by Crippen LogP contribution is -2.24. The number of nitrogens with one attached hydrogen (secondary N) is 1. The topological polar surface area (TPSA) is 75.6 Å². The lowest BCUT2D eigenvalue weighted by molar-refractivity contribution is -0.137. The van der Waals surface area contributed by atoms with Gasteiger partial charge in [-0.3, -0.25) is 9.59 Å². The van der Waals surface area contributed by atoms with Crippen LogP contribution in [0.4, 0.5) is 0 Å². The van der Waals surface area contributed by atoms with Crippen LogP contribution < -0.4 is 10.1 Å². The summed E-state index contributed by atoms with van der Waals surface area (Å²) >= 11 is 0. The van der Waals surface area contributed by atoms with Gasteiger partial charge in [0, 0.05) is 18.5 Å². The van der Waals surface area contributed by atoms with E-state index in [1.54, 1.807) is 24.3 Å². The van der Waals surface area contributed by atoms with Crippen LogP contribution in [0, 0.1) is 12.3 Å². The monoisotopic (exact) mass is 261 g/mol. The molecule has 0 fully saturated rings. The van der Waals surface area contributed by atoms with Crippen molar-refractivity contribution >= 4 is 11.9 Å².